The van der Waals surface area contributed by atoms with E-state index in [0.717, 1.165) is 10.9 Å². The molecule has 1 aliphatic heterocycles. The van der Waals surface area contributed by atoms with Gasteiger partial charge in [-0.15, -0.1) is 0 Å². The Labute approximate surface area is 147 Å². The molecule has 2 aromatic rings. The molecular weight excluding hydrogens is 349 g/mol. The van der Waals surface area contributed by atoms with Gasteiger partial charge in [-0.25, -0.2) is 4.79 Å². The fraction of sp³-hybridized carbons (Fsp3) is 0.444. The molecular formula is C18H19F3N2O3. The second-order valence-electron chi connectivity index (χ2n) is 6.55. The second-order valence-corrected chi connectivity index (χ2v) is 6.55. The van der Waals surface area contributed by atoms with Crippen molar-refractivity contribution in [2.45, 2.75) is 38.5 Å². The maximum Gasteiger partial charge on any atom is 0.405 e. The normalized spacial score (nSPS) is 18.4. The van der Waals surface area contributed by atoms with Crippen molar-refractivity contribution in [2.24, 2.45) is 0 Å². The van der Waals surface area contributed by atoms with Crippen LogP contribution in [-0.2, 0) is 11.3 Å². The minimum atomic E-state index is -4.44. The Morgan fingerprint density at radius 1 is 1.35 bits per heavy atom. The molecule has 1 N–H and O–H groups in total. The van der Waals surface area contributed by atoms with Crippen LogP contribution in [0.4, 0.5) is 13.2 Å². The maximum absolute atomic E-state index is 12.3. The third kappa shape index (κ3) is 4.24. The largest absolute Gasteiger partial charge is 0.423 e. The molecule has 3 rings (SSSR count). The first-order valence-corrected chi connectivity index (χ1v) is 8.35. The highest BCUT2D eigenvalue weighted by molar-refractivity contribution is 5.83. The van der Waals surface area contributed by atoms with Gasteiger partial charge >= 0.3 is 11.8 Å². The summed E-state index contributed by atoms with van der Waals surface area (Å²) in [4.78, 5) is 25.8. The highest BCUT2D eigenvalue weighted by Crippen LogP contribution is 2.25. The first-order chi connectivity index (χ1) is 12.2. The van der Waals surface area contributed by atoms with E-state index in [0.29, 0.717) is 37.1 Å². The zero-order chi connectivity index (χ0) is 18.9. The minimum Gasteiger partial charge on any atom is -0.423 e. The average molecular weight is 368 g/mol. The van der Waals surface area contributed by atoms with Crippen LogP contribution in [0.5, 0.6) is 0 Å². The Kier molecular flexibility index (Phi) is 5.04. The van der Waals surface area contributed by atoms with Crippen LogP contribution in [0.3, 0.4) is 0 Å². The van der Waals surface area contributed by atoms with Gasteiger partial charge in [-0.3, -0.25) is 9.69 Å². The van der Waals surface area contributed by atoms with Crippen molar-refractivity contribution >= 4 is 16.9 Å². The Balaban J connectivity index is 1.80. The van der Waals surface area contributed by atoms with Crippen LogP contribution in [-0.4, -0.2) is 36.1 Å². The van der Waals surface area contributed by atoms with Crippen molar-refractivity contribution in [2.75, 3.05) is 13.1 Å². The number of nitrogens with one attached hydrogen (secondary N) is 1. The van der Waals surface area contributed by atoms with Crippen LogP contribution in [0.2, 0.25) is 0 Å². The standard InChI is InChI=1S/C18H19F3N2O3/c1-11-4-5-13-12(8-16(24)26-15(13)7-11)9-23-6-2-3-14(23)17(25)22-10-18(19,20)21/h4-5,7-8,14H,2-3,6,9-10H2,1H3,(H,22,25). The summed E-state index contributed by atoms with van der Waals surface area (Å²) in [6.45, 7) is 1.42. The maximum atomic E-state index is 12.3. The topological polar surface area (TPSA) is 62.6 Å². The Morgan fingerprint density at radius 3 is 2.85 bits per heavy atom. The second kappa shape index (κ2) is 7.11. The van der Waals surface area contributed by atoms with Crippen molar-refractivity contribution in [3.63, 3.8) is 0 Å². The fourth-order valence-electron chi connectivity index (χ4n) is 3.30. The van der Waals surface area contributed by atoms with Crippen molar-refractivity contribution in [3.8, 4) is 0 Å². The molecule has 1 aromatic heterocycles. The number of carbonyl (C=O) groups is 1. The van der Waals surface area contributed by atoms with Gasteiger partial charge < -0.3 is 9.73 Å². The van der Waals surface area contributed by atoms with Crippen molar-refractivity contribution in [1.82, 2.24) is 10.2 Å². The van der Waals surface area contributed by atoms with Crippen LogP contribution in [0.25, 0.3) is 11.0 Å². The third-order valence-electron chi connectivity index (χ3n) is 4.49. The number of aryl methyl sites for hydroxylation is 1. The number of hydrogen-bond donors (Lipinski definition) is 1. The number of likely N-dealkylation sites (tertiary alicyclic amines) is 1. The van der Waals surface area contributed by atoms with Gasteiger partial charge in [0.05, 0.1) is 6.04 Å². The SMILES string of the molecule is Cc1ccc2c(CN3CCCC3C(=O)NCC(F)(F)F)cc(=O)oc2c1. The lowest BCUT2D eigenvalue weighted by Crippen LogP contribution is -2.45. The molecule has 0 bridgehead atoms. The molecule has 1 saturated heterocycles. The zero-order valence-corrected chi connectivity index (χ0v) is 14.2. The summed E-state index contributed by atoms with van der Waals surface area (Å²) in [6.07, 6.45) is -3.24. The van der Waals surface area contributed by atoms with Crippen molar-refractivity contribution in [1.29, 1.82) is 0 Å². The Bertz CT molecular complexity index is 876. The molecule has 2 heterocycles. The van der Waals surface area contributed by atoms with Gasteiger partial charge in [0.1, 0.15) is 12.1 Å². The van der Waals surface area contributed by atoms with Crippen LogP contribution in [0, 0.1) is 6.92 Å². The number of nitrogens with zero attached hydrogens (tertiary/aromatic N) is 1. The first-order valence-electron chi connectivity index (χ1n) is 8.35. The van der Waals surface area contributed by atoms with E-state index >= 15 is 0 Å². The van der Waals surface area contributed by atoms with Gasteiger partial charge in [0.25, 0.3) is 0 Å². The van der Waals surface area contributed by atoms with Gasteiger partial charge in [-0.1, -0.05) is 12.1 Å². The number of benzene rings is 1. The number of amides is 1. The summed E-state index contributed by atoms with van der Waals surface area (Å²) in [5, 5.41) is 2.71. The molecule has 1 amide bonds. The number of hydrogen-bond acceptors (Lipinski definition) is 4. The van der Waals surface area contributed by atoms with E-state index < -0.39 is 30.3 Å². The first kappa shape index (κ1) is 18.4. The van der Waals surface area contributed by atoms with Crippen LogP contribution >= 0.6 is 0 Å². The summed E-state index contributed by atoms with van der Waals surface area (Å²) in [5.74, 6) is -0.636. The molecule has 8 heteroatoms. The summed E-state index contributed by atoms with van der Waals surface area (Å²) < 4.78 is 42.2. The van der Waals surface area contributed by atoms with E-state index in [1.54, 1.807) is 11.0 Å². The fourth-order valence-corrected chi connectivity index (χ4v) is 3.30. The molecule has 26 heavy (non-hydrogen) atoms. The molecule has 1 aromatic carbocycles. The lowest BCUT2D eigenvalue weighted by molar-refractivity contribution is -0.141. The van der Waals surface area contributed by atoms with E-state index in [4.69, 9.17) is 4.42 Å². The third-order valence-corrected chi connectivity index (χ3v) is 4.49. The van der Waals surface area contributed by atoms with Gasteiger partial charge in [0.15, 0.2) is 0 Å². The molecule has 5 nitrogen and oxygen atoms in total. The highest BCUT2D eigenvalue weighted by atomic mass is 19.4. The van der Waals surface area contributed by atoms with Gasteiger partial charge in [-0.05, 0) is 43.5 Å². The molecule has 0 saturated carbocycles. The number of rotatable bonds is 4. The van der Waals surface area contributed by atoms with E-state index in [-0.39, 0.29) is 0 Å². The number of fused-ring (bicyclic) bond motifs is 1. The summed E-state index contributed by atoms with van der Waals surface area (Å²) in [7, 11) is 0. The summed E-state index contributed by atoms with van der Waals surface area (Å²) >= 11 is 0. The summed E-state index contributed by atoms with van der Waals surface area (Å²) in [5.41, 5.74) is 1.62. The molecule has 1 fully saturated rings. The number of alkyl halides is 3. The highest BCUT2D eigenvalue weighted by Gasteiger charge is 2.34. The Hall–Kier alpha value is -2.35. The lowest BCUT2D eigenvalue weighted by atomic mass is 10.1. The van der Waals surface area contributed by atoms with Crippen molar-refractivity contribution in [3.05, 3.63) is 45.8 Å². The van der Waals surface area contributed by atoms with Gasteiger partial charge in [0, 0.05) is 18.0 Å². The molecule has 1 aliphatic rings. The Morgan fingerprint density at radius 2 is 2.12 bits per heavy atom. The van der Waals surface area contributed by atoms with E-state index in [9.17, 15) is 22.8 Å². The molecule has 140 valence electrons. The van der Waals surface area contributed by atoms with Gasteiger partial charge in [0.2, 0.25) is 5.91 Å². The predicted molar refractivity (Wildman–Crippen MR) is 89.7 cm³/mol. The van der Waals surface area contributed by atoms with Crippen LogP contribution < -0.4 is 10.9 Å². The minimum absolute atomic E-state index is 0.301. The molecule has 0 aliphatic carbocycles. The van der Waals surface area contributed by atoms with E-state index in [1.807, 2.05) is 24.4 Å². The molecule has 0 spiro atoms. The molecule has 1 unspecified atom stereocenters. The quantitative estimate of drug-likeness (QED) is 0.843. The number of halogens is 3. The van der Waals surface area contributed by atoms with E-state index in [1.165, 1.54) is 6.07 Å². The van der Waals surface area contributed by atoms with Crippen molar-refractivity contribution < 1.29 is 22.4 Å². The average Bonchev–Trinajstić information content (AvgIpc) is 2.99. The smallest absolute Gasteiger partial charge is 0.405 e. The van der Waals surface area contributed by atoms with Gasteiger partial charge in [-0.2, -0.15) is 13.2 Å². The lowest BCUT2D eigenvalue weighted by Gasteiger charge is -2.24. The van der Waals surface area contributed by atoms with Crippen LogP contribution in [0.15, 0.2) is 33.5 Å². The van der Waals surface area contributed by atoms with E-state index in [2.05, 4.69) is 0 Å². The monoisotopic (exact) mass is 368 g/mol. The zero-order valence-electron chi connectivity index (χ0n) is 14.2. The number of carbonyl (C=O) groups excluding carboxylic acids is 1. The molecule has 1 atom stereocenters. The molecule has 0 radical (unpaired) electrons. The summed E-state index contributed by atoms with van der Waals surface area (Å²) in [6, 6.07) is 6.24. The predicted octanol–water partition coefficient (Wildman–Crippen LogP) is 2.74. The van der Waals surface area contributed by atoms with Crippen LogP contribution in [0.1, 0.15) is 24.0 Å².